The van der Waals surface area contributed by atoms with Crippen molar-refractivity contribution in [1.29, 1.82) is 5.26 Å². The number of benzene rings is 1. The lowest BCUT2D eigenvalue weighted by Crippen LogP contribution is -2.29. The molecule has 0 bridgehead atoms. The van der Waals surface area contributed by atoms with Crippen molar-refractivity contribution in [3.05, 3.63) is 64.1 Å². The number of nitriles is 1. The predicted molar refractivity (Wildman–Crippen MR) is 160 cm³/mol. The second-order valence-electron chi connectivity index (χ2n) is 12.5. The fourth-order valence-electron chi connectivity index (χ4n) is 7.27. The van der Waals surface area contributed by atoms with Crippen molar-refractivity contribution in [3.8, 4) is 6.07 Å². The molecule has 0 radical (unpaired) electrons. The molecular weight excluding hydrogens is 481 g/mol. The van der Waals surface area contributed by atoms with Crippen LogP contribution in [0.1, 0.15) is 114 Å². The van der Waals surface area contributed by atoms with E-state index in [1.54, 1.807) is 12.1 Å². The van der Waals surface area contributed by atoms with Crippen molar-refractivity contribution in [2.45, 2.75) is 109 Å². The van der Waals surface area contributed by atoms with Crippen LogP contribution in [-0.2, 0) is 0 Å². The van der Waals surface area contributed by atoms with Crippen molar-refractivity contribution >= 4 is 11.8 Å². The summed E-state index contributed by atoms with van der Waals surface area (Å²) in [7, 11) is 0. The standard InChI is InChI=1S/C35H46FN3/c1-24-32(28-10-6-4-7-11-28)22-34(31(17-19-37)30-16-15-29(36)21-33(24)30)35-12-8-3-5-9-26(23-39-35)18-20-38-25(2)27-13-14-27/h9,12,15-16,21,23-25,27-28,32,38H,3-8,10-11,13-14,17-18,20,22H2,1-2H3/b26-9-,35-12+,39-23+. The Kier molecular flexibility index (Phi) is 9.51. The SMILES string of the molecule is CC(NCCC1=C\CCC/C=C(C2=C(CC#N)c3ccc(F)cc3C(C)C(C3CCCCC3)C2)/N=C/1)C1CC1. The number of halogens is 1. The van der Waals surface area contributed by atoms with E-state index >= 15 is 0 Å². The third kappa shape index (κ3) is 6.98. The lowest BCUT2D eigenvalue weighted by atomic mass is 9.70. The Labute approximate surface area is 235 Å². The third-order valence-corrected chi connectivity index (χ3v) is 9.83. The minimum Gasteiger partial charge on any atom is -0.314 e. The molecule has 1 heterocycles. The molecule has 208 valence electrons. The van der Waals surface area contributed by atoms with Gasteiger partial charge in [-0.1, -0.05) is 57.2 Å². The van der Waals surface area contributed by atoms with Crippen LogP contribution in [0.3, 0.4) is 0 Å². The number of nitrogens with zero attached hydrogens (tertiary/aromatic N) is 2. The van der Waals surface area contributed by atoms with Gasteiger partial charge < -0.3 is 5.32 Å². The normalized spacial score (nSPS) is 28.9. The Balaban J connectivity index is 1.48. The molecule has 3 unspecified atom stereocenters. The van der Waals surface area contributed by atoms with E-state index in [1.165, 1.54) is 56.1 Å². The Morgan fingerprint density at radius 3 is 2.64 bits per heavy atom. The molecule has 0 aromatic heterocycles. The number of fused-ring (bicyclic) bond motifs is 1. The molecule has 5 rings (SSSR count). The van der Waals surface area contributed by atoms with Gasteiger partial charge in [0.2, 0.25) is 0 Å². The smallest absolute Gasteiger partial charge is 0.123 e. The van der Waals surface area contributed by atoms with Gasteiger partial charge in [-0.25, -0.2) is 4.39 Å². The molecule has 0 amide bonds. The molecule has 0 saturated heterocycles. The van der Waals surface area contributed by atoms with Gasteiger partial charge in [-0.05, 0) is 122 Å². The zero-order valence-corrected chi connectivity index (χ0v) is 24.0. The average Bonchev–Trinajstić information content (AvgIpc) is 3.79. The summed E-state index contributed by atoms with van der Waals surface area (Å²) in [5.41, 5.74) is 6.76. The van der Waals surface area contributed by atoms with E-state index in [4.69, 9.17) is 4.99 Å². The van der Waals surface area contributed by atoms with E-state index < -0.39 is 0 Å². The molecule has 3 nitrogen and oxygen atoms in total. The zero-order chi connectivity index (χ0) is 27.2. The van der Waals surface area contributed by atoms with Crippen molar-refractivity contribution in [2.75, 3.05) is 6.54 Å². The van der Waals surface area contributed by atoms with E-state index in [1.807, 2.05) is 6.07 Å². The number of allylic oxidation sites excluding steroid dienone is 4. The molecule has 2 saturated carbocycles. The molecule has 3 aliphatic carbocycles. The van der Waals surface area contributed by atoms with Gasteiger partial charge in [-0.2, -0.15) is 5.26 Å². The largest absolute Gasteiger partial charge is 0.314 e. The summed E-state index contributed by atoms with van der Waals surface area (Å²) < 4.78 is 14.6. The molecule has 4 heteroatoms. The molecular formula is C35H46FN3. The van der Waals surface area contributed by atoms with Gasteiger partial charge in [0.15, 0.2) is 0 Å². The highest BCUT2D eigenvalue weighted by Crippen LogP contribution is 2.49. The first-order chi connectivity index (χ1) is 19.0. The summed E-state index contributed by atoms with van der Waals surface area (Å²) in [5.74, 6) is 2.00. The molecule has 0 spiro atoms. The van der Waals surface area contributed by atoms with Crippen molar-refractivity contribution < 1.29 is 4.39 Å². The predicted octanol–water partition coefficient (Wildman–Crippen LogP) is 9.04. The van der Waals surface area contributed by atoms with E-state index in [-0.39, 0.29) is 11.7 Å². The summed E-state index contributed by atoms with van der Waals surface area (Å²) in [4.78, 5) is 5.16. The fourth-order valence-corrected chi connectivity index (χ4v) is 7.27. The van der Waals surface area contributed by atoms with Crippen LogP contribution >= 0.6 is 0 Å². The zero-order valence-electron chi connectivity index (χ0n) is 24.0. The Morgan fingerprint density at radius 2 is 1.87 bits per heavy atom. The molecule has 4 aliphatic rings. The minimum atomic E-state index is -0.179. The van der Waals surface area contributed by atoms with Gasteiger partial charge in [-0.3, -0.25) is 4.99 Å². The lowest BCUT2D eigenvalue weighted by molar-refractivity contribution is 0.220. The van der Waals surface area contributed by atoms with Gasteiger partial charge in [0.05, 0.1) is 18.2 Å². The summed E-state index contributed by atoms with van der Waals surface area (Å²) in [6.07, 6.45) is 21.3. The van der Waals surface area contributed by atoms with Crippen molar-refractivity contribution in [1.82, 2.24) is 5.32 Å². The molecule has 3 atom stereocenters. The van der Waals surface area contributed by atoms with Crippen LogP contribution in [0.25, 0.3) is 5.57 Å². The second-order valence-corrected chi connectivity index (χ2v) is 12.5. The van der Waals surface area contributed by atoms with Crippen LogP contribution in [-0.4, -0.2) is 18.8 Å². The number of hydrogen-bond donors (Lipinski definition) is 1. The highest BCUT2D eigenvalue weighted by molar-refractivity contribution is 5.82. The molecule has 1 N–H and O–H groups in total. The van der Waals surface area contributed by atoms with E-state index in [2.05, 4.69) is 43.6 Å². The average molecular weight is 528 g/mol. The van der Waals surface area contributed by atoms with Gasteiger partial charge in [0, 0.05) is 12.3 Å². The van der Waals surface area contributed by atoms with Gasteiger partial charge >= 0.3 is 0 Å². The van der Waals surface area contributed by atoms with Crippen molar-refractivity contribution in [2.24, 2.45) is 22.7 Å². The number of nitrogens with one attached hydrogen (secondary N) is 1. The molecule has 1 aromatic rings. The monoisotopic (exact) mass is 527 g/mol. The first kappa shape index (κ1) is 28.0. The first-order valence-corrected chi connectivity index (χ1v) is 15.6. The van der Waals surface area contributed by atoms with Crippen LogP contribution in [0.4, 0.5) is 4.39 Å². The summed E-state index contributed by atoms with van der Waals surface area (Å²) in [6.45, 7) is 5.59. The van der Waals surface area contributed by atoms with Gasteiger partial charge in [0.1, 0.15) is 5.82 Å². The Morgan fingerprint density at radius 1 is 1.08 bits per heavy atom. The third-order valence-electron chi connectivity index (χ3n) is 9.83. The second kappa shape index (κ2) is 13.2. The van der Waals surface area contributed by atoms with Crippen LogP contribution in [0, 0.1) is 34.9 Å². The van der Waals surface area contributed by atoms with Crippen LogP contribution in [0.2, 0.25) is 0 Å². The molecule has 1 aromatic carbocycles. The maximum Gasteiger partial charge on any atom is 0.123 e. The molecule has 2 fully saturated rings. The van der Waals surface area contributed by atoms with Crippen molar-refractivity contribution in [3.63, 3.8) is 0 Å². The van der Waals surface area contributed by atoms with E-state index in [9.17, 15) is 9.65 Å². The minimum absolute atomic E-state index is 0.179. The Bertz CT molecular complexity index is 1170. The maximum absolute atomic E-state index is 14.6. The van der Waals surface area contributed by atoms with Crippen LogP contribution in [0.15, 0.2) is 52.2 Å². The summed E-state index contributed by atoms with van der Waals surface area (Å²) in [6, 6.07) is 8.29. The number of rotatable bonds is 8. The number of hydrogen-bond acceptors (Lipinski definition) is 3. The van der Waals surface area contributed by atoms with Crippen LogP contribution < -0.4 is 5.32 Å². The molecule has 1 aliphatic heterocycles. The quantitative estimate of drug-likeness (QED) is 0.366. The van der Waals surface area contributed by atoms with Gasteiger partial charge in [0.25, 0.3) is 0 Å². The maximum atomic E-state index is 14.6. The van der Waals surface area contributed by atoms with E-state index in [0.29, 0.717) is 24.3 Å². The highest BCUT2D eigenvalue weighted by Gasteiger charge is 2.35. The van der Waals surface area contributed by atoms with Gasteiger partial charge in [-0.15, -0.1) is 0 Å². The first-order valence-electron chi connectivity index (χ1n) is 15.6. The van der Waals surface area contributed by atoms with E-state index in [0.717, 1.165) is 67.0 Å². The Hall–Kier alpha value is -2.51. The van der Waals surface area contributed by atoms with Crippen LogP contribution in [0.5, 0.6) is 0 Å². The highest BCUT2D eigenvalue weighted by atomic mass is 19.1. The lowest BCUT2D eigenvalue weighted by Gasteiger charge is -2.34. The molecule has 39 heavy (non-hydrogen) atoms. The topological polar surface area (TPSA) is 48.2 Å². The fraction of sp³-hybridized carbons (Fsp3) is 0.600. The number of aliphatic imine (C=N–C) groups is 1. The summed E-state index contributed by atoms with van der Waals surface area (Å²) in [5, 5.41) is 13.6. The summed E-state index contributed by atoms with van der Waals surface area (Å²) >= 11 is 0.